The highest BCUT2D eigenvalue weighted by Gasteiger charge is 2.27. The third kappa shape index (κ3) is 5.57. The number of hydrogen-bond donors (Lipinski definition) is 1. The molecule has 3 heterocycles. The Balaban J connectivity index is 1.80. The first kappa shape index (κ1) is 24.4. The molecule has 0 saturated heterocycles. The summed E-state index contributed by atoms with van der Waals surface area (Å²) in [7, 11) is 0. The lowest BCUT2D eigenvalue weighted by Crippen LogP contribution is -2.20. The van der Waals surface area contributed by atoms with Crippen LogP contribution in [-0.4, -0.2) is 51.2 Å². The van der Waals surface area contributed by atoms with Crippen molar-refractivity contribution in [3.05, 3.63) is 50.4 Å². The third-order valence-electron chi connectivity index (χ3n) is 4.37. The molecule has 3 rings (SSSR count). The van der Waals surface area contributed by atoms with E-state index in [4.69, 9.17) is 9.47 Å². The minimum Gasteiger partial charge on any atom is -0.462 e. The Hall–Kier alpha value is -3.25. The number of esters is 2. The number of thiophene rings is 1. The van der Waals surface area contributed by atoms with Crippen LogP contribution in [0.2, 0.25) is 0 Å². The van der Waals surface area contributed by atoms with Crippen LogP contribution in [0.4, 0.5) is 5.00 Å². The molecule has 0 atom stereocenters. The molecular weight excluding hydrogens is 468 g/mol. The number of aromatic nitrogens is 3. The topological polar surface area (TPSA) is 129 Å². The summed E-state index contributed by atoms with van der Waals surface area (Å²) in [6.07, 6.45) is 1.59. The number of rotatable bonds is 8. The SMILES string of the molecule is CCOC(=O)c1sc(NC(=O)CSc2nc(=O)n3ccc(C)cc3n2)c(C(=O)OCC)c1C. The van der Waals surface area contributed by atoms with Crippen LogP contribution in [-0.2, 0) is 14.3 Å². The quantitative estimate of drug-likeness (QED) is 0.374. The highest BCUT2D eigenvalue weighted by atomic mass is 32.2. The van der Waals surface area contributed by atoms with E-state index in [-0.39, 0.29) is 39.6 Å². The van der Waals surface area contributed by atoms with Crippen LogP contribution >= 0.6 is 23.1 Å². The normalized spacial score (nSPS) is 10.8. The minimum absolute atomic E-state index is 0.110. The van der Waals surface area contributed by atoms with Crippen molar-refractivity contribution in [2.75, 3.05) is 24.3 Å². The van der Waals surface area contributed by atoms with Crippen LogP contribution in [0.15, 0.2) is 28.3 Å². The van der Waals surface area contributed by atoms with Gasteiger partial charge in [0.2, 0.25) is 5.91 Å². The number of thioether (sulfide) groups is 1. The lowest BCUT2D eigenvalue weighted by Gasteiger charge is -2.07. The standard InChI is InChI=1S/C21H22N4O6S2/c1-5-30-18(27)15-12(4)16(19(28)31-6-2)33-17(15)23-14(26)10-32-20-22-13-9-11(3)7-8-25(13)21(29)24-20/h7-9H,5-6,10H2,1-4H3,(H,23,26). The molecule has 0 aliphatic carbocycles. The van der Waals surface area contributed by atoms with Gasteiger partial charge in [-0.15, -0.1) is 11.3 Å². The van der Waals surface area contributed by atoms with E-state index in [1.807, 2.05) is 6.92 Å². The maximum atomic E-state index is 12.6. The second kappa shape index (κ2) is 10.6. The van der Waals surface area contributed by atoms with Gasteiger partial charge in [0.25, 0.3) is 0 Å². The maximum absolute atomic E-state index is 12.6. The highest BCUT2D eigenvalue weighted by Crippen LogP contribution is 2.34. The van der Waals surface area contributed by atoms with Gasteiger partial charge in [-0.3, -0.25) is 9.20 Å². The van der Waals surface area contributed by atoms with E-state index in [1.165, 1.54) is 4.40 Å². The summed E-state index contributed by atoms with van der Waals surface area (Å²) in [4.78, 5) is 57.9. The van der Waals surface area contributed by atoms with Gasteiger partial charge in [0, 0.05) is 6.20 Å². The Morgan fingerprint density at radius 1 is 1.12 bits per heavy atom. The van der Waals surface area contributed by atoms with Crippen molar-refractivity contribution in [2.45, 2.75) is 32.9 Å². The van der Waals surface area contributed by atoms with Crippen LogP contribution in [0, 0.1) is 13.8 Å². The van der Waals surface area contributed by atoms with E-state index in [0.29, 0.717) is 11.2 Å². The molecule has 33 heavy (non-hydrogen) atoms. The first-order valence-electron chi connectivity index (χ1n) is 10.0. The second-order valence-electron chi connectivity index (χ2n) is 6.76. The average Bonchev–Trinajstić information content (AvgIpc) is 3.08. The van der Waals surface area contributed by atoms with Gasteiger partial charge in [-0.1, -0.05) is 11.8 Å². The van der Waals surface area contributed by atoms with Crippen LogP contribution in [0.1, 0.15) is 45.0 Å². The molecule has 3 aromatic rings. The van der Waals surface area contributed by atoms with Gasteiger partial charge in [0.1, 0.15) is 15.5 Å². The van der Waals surface area contributed by atoms with E-state index in [2.05, 4.69) is 15.3 Å². The van der Waals surface area contributed by atoms with Crippen molar-refractivity contribution >= 4 is 51.6 Å². The smallest absolute Gasteiger partial charge is 0.355 e. The van der Waals surface area contributed by atoms with Crippen molar-refractivity contribution in [1.82, 2.24) is 14.4 Å². The Kier molecular flexibility index (Phi) is 7.82. The number of carbonyl (C=O) groups is 3. The summed E-state index contributed by atoms with van der Waals surface area (Å²) in [5, 5.41) is 2.99. The molecule has 1 N–H and O–H groups in total. The van der Waals surface area contributed by atoms with Crippen molar-refractivity contribution in [3.8, 4) is 0 Å². The van der Waals surface area contributed by atoms with Gasteiger partial charge in [-0.05, 0) is 51.0 Å². The van der Waals surface area contributed by atoms with Gasteiger partial charge in [-0.2, -0.15) is 4.98 Å². The first-order valence-corrected chi connectivity index (χ1v) is 11.8. The van der Waals surface area contributed by atoms with E-state index in [0.717, 1.165) is 28.7 Å². The number of carbonyl (C=O) groups excluding carboxylic acids is 3. The molecule has 174 valence electrons. The molecule has 12 heteroatoms. The molecule has 3 aromatic heterocycles. The fourth-order valence-electron chi connectivity index (χ4n) is 2.90. The molecule has 0 fully saturated rings. The summed E-state index contributed by atoms with van der Waals surface area (Å²) in [6, 6.07) is 3.51. The average molecular weight is 491 g/mol. The monoisotopic (exact) mass is 490 g/mol. The van der Waals surface area contributed by atoms with Gasteiger partial charge >= 0.3 is 17.6 Å². The lowest BCUT2D eigenvalue weighted by atomic mass is 10.1. The summed E-state index contributed by atoms with van der Waals surface area (Å²) >= 11 is 1.92. The molecular formula is C21H22N4O6S2. The third-order valence-corrected chi connectivity index (χ3v) is 6.40. The predicted octanol–water partition coefficient (Wildman–Crippen LogP) is 2.85. The van der Waals surface area contributed by atoms with Crippen LogP contribution in [0.3, 0.4) is 0 Å². The number of nitrogens with one attached hydrogen (secondary N) is 1. The van der Waals surface area contributed by atoms with Crippen LogP contribution < -0.4 is 11.0 Å². The molecule has 1 amide bonds. The van der Waals surface area contributed by atoms with Crippen LogP contribution in [0.5, 0.6) is 0 Å². The number of hydrogen-bond acceptors (Lipinski definition) is 10. The van der Waals surface area contributed by atoms with E-state index >= 15 is 0 Å². The van der Waals surface area contributed by atoms with Crippen molar-refractivity contribution in [1.29, 1.82) is 0 Å². The molecule has 0 spiro atoms. The van der Waals surface area contributed by atoms with Crippen LogP contribution in [0.25, 0.3) is 5.65 Å². The lowest BCUT2D eigenvalue weighted by molar-refractivity contribution is -0.113. The molecule has 0 unspecified atom stereocenters. The number of nitrogens with zero attached hydrogens (tertiary/aromatic N) is 3. The number of ether oxygens (including phenoxy) is 2. The Morgan fingerprint density at radius 3 is 2.52 bits per heavy atom. The molecule has 0 aromatic carbocycles. The summed E-state index contributed by atoms with van der Waals surface area (Å²) in [5.41, 5.74) is 1.34. The highest BCUT2D eigenvalue weighted by molar-refractivity contribution is 7.99. The maximum Gasteiger partial charge on any atom is 0.355 e. The van der Waals surface area contributed by atoms with Crippen molar-refractivity contribution in [2.24, 2.45) is 0 Å². The molecule has 0 aliphatic heterocycles. The van der Waals surface area contributed by atoms with Gasteiger partial charge in [-0.25, -0.2) is 19.4 Å². The van der Waals surface area contributed by atoms with Gasteiger partial charge in [0.05, 0.1) is 24.5 Å². The molecule has 10 nitrogen and oxygen atoms in total. The predicted molar refractivity (Wildman–Crippen MR) is 124 cm³/mol. The Bertz CT molecular complexity index is 1280. The zero-order chi connectivity index (χ0) is 24.1. The largest absolute Gasteiger partial charge is 0.462 e. The number of aryl methyl sites for hydroxylation is 1. The second-order valence-corrected chi connectivity index (χ2v) is 8.72. The number of amides is 1. The Morgan fingerprint density at radius 2 is 1.82 bits per heavy atom. The molecule has 0 bridgehead atoms. The van der Waals surface area contributed by atoms with E-state index in [9.17, 15) is 19.2 Å². The summed E-state index contributed by atoms with van der Waals surface area (Å²) in [5.74, 6) is -1.81. The fourth-order valence-corrected chi connectivity index (χ4v) is 4.63. The van der Waals surface area contributed by atoms with Gasteiger partial charge in [0.15, 0.2) is 5.16 Å². The molecule has 0 aliphatic rings. The number of anilines is 1. The zero-order valence-electron chi connectivity index (χ0n) is 18.5. The summed E-state index contributed by atoms with van der Waals surface area (Å²) < 4.78 is 11.4. The minimum atomic E-state index is -0.647. The molecule has 0 saturated carbocycles. The van der Waals surface area contributed by atoms with Crippen molar-refractivity contribution in [3.63, 3.8) is 0 Å². The molecule has 0 radical (unpaired) electrons. The fraction of sp³-hybridized carbons (Fsp3) is 0.333. The van der Waals surface area contributed by atoms with Crippen molar-refractivity contribution < 1.29 is 23.9 Å². The summed E-state index contributed by atoms with van der Waals surface area (Å²) in [6.45, 7) is 7.12. The zero-order valence-corrected chi connectivity index (χ0v) is 20.1. The Labute approximate surface area is 197 Å². The first-order chi connectivity index (χ1) is 15.7. The van der Waals surface area contributed by atoms with E-state index < -0.39 is 23.5 Å². The van der Waals surface area contributed by atoms with E-state index in [1.54, 1.807) is 39.1 Å². The number of fused-ring (bicyclic) bond motifs is 1. The van der Waals surface area contributed by atoms with Gasteiger partial charge < -0.3 is 14.8 Å². The number of pyridine rings is 1.